The first-order valence-electron chi connectivity index (χ1n) is 13.3. The molecule has 1 aromatic carbocycles. The molecule has 0 aliphatic heterocycles. The number of methoxy groups -OCH3 is 2. The van der Waals surface area contributed by atoms with Gasteiger partial charge in [-0.05, 0) is 26.0 Å². The average molecular weight is 547 g/mol. The molecule has 222 valence electrons. The van der Waals surface area contributed by atoms with Crippen LogP contribution in [0.15, 0.2) is 18.2 Å². The summed E-state index contributed by atoms with van der Waals surface area (Å²) in [7, 11) is 3.30. The van der Waals surface area contributed by atoms with Crippen molar-refractivity contribution >= 4 is 11.4 Å². The number of ether oxygens (including phenoxy) is 9. The van der Waals surface area contributed by atoms with Crippen LogP contribution in [0, 0.1) is 0 Å². The van der Waals surface area contributed by atoms with Crippen LogP contribution < -0.4 is 15.4 Å². The summed E-state index contributed by atoms with van der Waals surface area (Å²) in [6, 6.07) is 5.82. The molecule has 0 aliphatic carbocycles. The second-order valence-electron chi connectivity index (χ2n) is 8.54. The fraction of sp³-hybridized carbons (Fsp3) is 0.778. The molecule has 0 unspecified atom stereocenters. The molecule has 0 spiro atoms. The van der Waals surface area contributed by atoms with E-state index < -0.39 is 0 Å². The molecular weight excluding hydrogens is 496 g/mol. The summed E-state index contributed by atoms with van der Waals surface area (Å²) in [4.78, 5) is 2.20. The number of nitrogen functional groups attached to an aromatic ring is 1. The molecule has 11 heteroatoms. The third-order valence-electron chi connectivity index (χ3n) is 5.09. The lowest BCUT2D eigenvalue weighted by atomic mass is 10.2. The van der Waals surface area contributed by atoms with Crippen LogP contribution in [-0.4, -0.2) is 126 Å². The molecule has 0 atom stereocenters. The Hall–Kier alpha value is -1.70. The largest absolute Gasteiger partial charge is 0.489 e. The van der Waals surface area contributed by atoms with E-state index in [-0.39, 0.29) is 6.10 Å². The van der Waals surface area contributed by atoms with Crippen molar-refractivity contribution < 1.29 is 42.6 Å². The molecule has 0 aromatic heterocycles. The molecule has 0 saturated heterocycles. The predicted molar refractivity (Wildman–Crippen MR) is 147 cm³/mol. The topological polar surface area (TPSA) is 112 Å². The van der Waals surface area contributed by atoms with E-state index in [0.717, 1.165) is 5.69 Å². The minimum absolute atomic E-state index is 0.0309. The molecule has 2 N–H and O–H groups in total. The van der Waals surface area contributed by atoms with E-state index in [1.165, 1.54) is 0 Å². The van der Waals surface area contributed by atoms with Crippen molar-refractivity contribution in [1.29, 1.82) is 0 Å². The van der Waals surface area contributed by atoms with Crippen molar-refractivity contribution in [3.63, 3.8) is 0 Å². The number of nitrogens with two attached hydrogens (primary N) is 1. The van der Waals surface area contributed by atoms with E-state index in [1.807, 2.05) is 32.0 Å². The first-order valence-corrected chi connectivity index (χ1v) is 13.3. The lowest BCUT2D eigenvalue weighted by Crippen LogP contribution is -2.31. The zero-order valence-corrected chi connectivity index (χ0v) is 23.8. The van der Waals surface area contributed by atoms with Gasteiger partial charge in [-0.1, -0.05) is 0 Å². The molecule has 1 rings (SSSR count). The minimum Gasteiger partial charge on any atom is -0.489 e. The van der Waals surface area contributed by atoms with Crippen LogP contribution >= 0.6 is 0 Å². The van der Waals surface area contributed by atoms with Gasteiger partial charge in [0.1, 0.15) is 5.75 Å². The van der Waals surface area contributed by atoms with Crippen LogP contribution in [-0.2, 0) is 37.9 Å². The van der Waals surface area contributed by atoms with Gasteiger partial charge in [-0.25, -0.2) is 0 Å². The van der Waals surface area contributed by atoms with E-state index in [2.05, 4.69) is 4.90 Å². The van der Waals surface area contributed by atoms with Crippen molar-refractivity contribution in [3.05, 3.63) is 18.2 Å². The lowest BCUT2D eigenvalue weighted by Gasteiger charge is -2.26. The Labute approximate surface area is 228 Å². The van der Waals surface area contributed by atoms with Crippen molar-refractivity contribution in [2.45, 2.75) is 20.0 Å². The van der Waals surface area contributed by atoms with Crippen molar-refractivity contribution in [1.82, 2.24) is 0 Å². The van der Waals surface area contributed by atoms with Gasteiger partial charge in [0.2, 0.25) is 0 Å². The highest BCUT2D eigenvalue weighted by Crippen LogP contribution is 2.28. The standard InChI is InChI=1S/C27H50N2O9/c1-24(2)38-27-23-25(5-6-26(27)28)29(7-9-32-15-17-36-21-19-34-13-11-30-3)8-10-33-16-18-37-22-20-35-14-12-31-4/h5-6,23-24H,7-22,28H2,1-4H3. The van der Waals surface area contributed by atoms with Gasteiger partial charge >= 0.3 is 0 Å². The summed E-state index contributed by atoms with van der Waals surface area (Å²) >= 11 is 0. The van der Waals surface area contributed by atoms with Crippen LogP contribution in [0.2, 0.25) is 0 Å². The summed E-state index contributed by atoms with van der Waals surface area (Å²) in [5.41, 5.74) is 7.72. The number of hydrogen-bond acceptors (Lipinski definition) is 11. The maximum Gasteiger partial charge on any atom is 0.144 e. The number of anilines is 2. The fourth-order valence-electron chi connectivity index (χ4n) is 3.16. The Morgan fingerprint density at radius 1 is 0.605 bits per heavy atom. The summed E-state index contributed by atoms with van der Waals surface area (Å²) in [6.07, 6.45) is 0.0309. The van der Waals surface area contributed by atoms with Crippen LogP contribution in [0.4, 0.5) is 11.4 Å². The van der Waals surface area contributed by atoms with Crippen molar-refractivity contribution in [2.24, 2.45) is 0 Å². The monoisotopic (exact) mass is 546 g/mol. The zero-order chi connectivity index (χ0) is 27.7. The van der Waals surface area contributed by atoms with Gasteiger partial charge in [0, 0.05) is 39.1 Å². The molecule has 0 aliphatic rings. The molecule has 0 bridgehead atoms. The summed E-state index contributed by atoms with van der Waals surface area (Å²) in [5.74, 6) is 0.673. The summed E-state index contributed by atoms with van der Waals surface area (Å²) in [6.45, 7) is 12.9. The van der Waals surface area contributed by atoms with Gasteiger partial charge in [-0.2, -0.15) is 0 Å². The molecule has 0 heterocycles. The smallest absolute Gasteiger partial charge is 0.144 e. The maximum atomic E-state index is 6.11. The highest BCUT2D eigenvalue weighted by atomic mass is 16.6. The number of hydrogen-bond donors (Lipinski definition) is 1. The first-order chi connectivity index (χ1) is 18.6. The highest BCUT2D eigenvalue weighted by molar-refractivity contribution is 5.62. The Kier molecular flexibility index (Phi) is 22.0. The van der Waals surface area contributed by atoms with E-state index in [4.69, 9.17) is 48.4 Å². The van der Waals surface area contributed by atoms with Gasteiger partial charge in [0.15, 0.2) is 0 Å². The predicted octanol–water partition coefficient (Wildman–Crippen LogP) is 2.25. The summed E-state index contributed by atoms with van der Waals surface area (Å²) < 4.78 is 49.1. The van der Waals surface area contributed by atoms with E-state index >= 15 is 0 Å². The Morgan fingerprint density at radius 2 is 1.00 bits per heavy atom. The van der Waals surface area contributed by atoms with Gasteiger partial charge < -0.3 is 53.3 Å². The molecule has 1 aromatic rings. The average Bonchev–Trinajstić information content (AvgIpc) is 2.90. The molecule has 0 saturated carbocycles. The molecule has 11 nitrogen and oxygen atoms in total. The van der Waals surface area contributed by atoms with Crippen LogP contribution in [0.1, 0.15) is 13.8 Å². The van der Waals surface area contributed by atoms with Crippen molar-refractivity contribution in [3.8, 4) is 5.75 Å². The van der Waals surface area contributed by atoms with E-state index in [1.54, 1.807) is 14.2 Å². The molecule has 0 amide bonds. The van der Waals surface area contributed by atoms with E-state index in [9.17, 15) is 0 Å². The number of nitrogens with zero attached hydrogens (tertiary/aromatic N) is 1. The summed E-state index contributed by atoms with van der Waals surface area (Å²) in [5, 5.41) is 0. The van der Waals surface area contributed by atoms with Gasteiger partial charge in [-0.15, -0.1) is 0 Å². The third-order valence-corrected chi connectivity index (χ3v) is 5.09. The highest BCUT2D eigenvalue weighted by Gasteiger charge is 2.11. The van der Waals surface area contributed by atoms with Gasteiger partial charge in [0.25, 0.3) is 0 Å². The fourth-order valence-corrected chi connectivity index (χ4v) is 3.16. The second kappa shape index (κ2) is 24.3. The normalized spacial score (nSPS) is 11.4. The van der Waals surface area contributed by atoms with Crippen molar-refractivity contribution in [2.75, 3.05) is 130 Å². The van der Waals surface area contributed by atoms with Crippen LogP contribution in [0.25, 0.3) is 0 Å². The quantitative estimate of drug-likeness (QED) is 0.130. The zero-order valence-electron chi connectivity index (χ0n) is 23.8. The second-order valence-corrected chi connectivity index (χ2v) is 8.54. The molecule has 0 radical (unpaired) electrons. The minimum atomic E-state index is 0.0309. The molecular formula is C27H50N2O9. The van der Waals surface area contributed by atoms with Crippen LogP contribution in [0.5, 0.6) is 5.75 Å². The lowest BCUT2D eigenvalue weighted by molar-refractivity contribution is 0.00301. The van der Waals surface area contributed by atoms with Gasteiger partial charge in [0.05, 0.1) is 104 Å². The molecule has 38 heavy (non-hydrogen) atoms. The van der Waals surface area contributed by atoms with E-state index in [0.29, 0.717) is 117 Å². The third kappa shape index (κ3) is 18.5. The SMILES string of the molecule is COCCOCCOCCOCCN(CCOCCOCCOCCOC)c1ccc(N)c(OC(C)C)c1. The first kappa shape index (κ1) is 34.3. The Bertz CT molecular complexity index is 641. The Balaban J connectivity index is 2.37. The number of benzene rings is 1. The Morgan fingerprint density at radius 3 is 1.39 bits per heavy atom. The van der Waals surface area contributed by atoms with Crippen LogP contribution in [0.3, 0.4) is 0 Å². The number of rotatable bonds is 27. The molecule has 0 fully saturated rings. The maximum absolute atomic E-state index is 6.11. The van der Waals surface area contributed by atoms with Gasteiger partial charge in [-0.3, -0.25) is 0 Å².